The summed E-state index contributed by atoms with van der Waals surface area (Å²) in [4.78, 5) is 24.3. The van der Waals surface area contributed by atoms with Crippen LogP contribution in [-0.2, 0) is 4.79 Å². The maximum atomic E-state index is 11.9. The highest BCUT2D eigenvalue weighted by atomic mass is 32.2. The zero-order valence-electron chi connectivity index (χ0n) is 10.9. The lowest BCUT2D eigenvalue weighted by molar-refractivity contribution is -0.138. The summed E-state index contributed by atoms with van der Waals surface area (Å²) in [6, 6.07) is -0.101. The molecule has 0 aliphatic carbocycles. The van der Waals surface area contributed by atoms with Gasteiger partial charge in [-0.2, -0.15) is 0 Å². The van der Waals surface area contributed by atoms with Crippen molar-refractivity contribution in [1.29, 1.82) is 0 Å². The van der Waals surface area contributed by atoms with Gasteiger partial charge in [0.25, 0.3) is 0 Å². The minimum Gasteiger partial charge on any atom is -0.481 e. The molecule has 0 bridgehead atoms. The Hall–Kier alpha value is -1.35. The number of nitrogens with one attached hydrogen (secondary N) is 1. The van der Waals surface area contributed by atoms with E-state index >= 15 is 0 Å². The third-order valence-corrected chi connectivity index (χ3v) is 3.84. The lowest BCUT2D eigenvalue weighted by Crippen LogP contribution is -2.46. The van der Waals surface area contributed by atoms with E-state index in [2.05, 4.69) is 11.2 Å². The number of carboxylic acid groups (broad SMARTS) is 1. The number of aliphatic carboxylic acids is 1. The second kappa shape index (κ2) is 8.70. The Morgan fingerprint density at radius 1 is 1.53 bits per heavy atom. The standard InChI is InChI=1S/C13H20N2O3S/c1-2-7-19-8-5-14-13(18)15-6-3-4-11(10-15)9-12(16)17/h1,11H,3-10H2,(H,14,18)(H,16,17). The largest absolute Gasteiger partial charge is 0.481 e. The smallest absolute Gasteiger partial charge is 0.317 e. The molecule has 1 unspecified atom stereocenters. The lowest BCUT2D eigenvalue weighted by Gasteiger charge is -2.32. The molecule has 0 aromatic carbocycles. The lowest BCUT2D eigenvalue weighted by atomic mass is 9.95. The first kappa shape index (κ1) is 15.7. The number of likely N-dealkylation sites (tertiary alicyclic amines) is 1. The summed E-state index contributed by atoms with van der Waals surface area (Å²) in [5, 5.41) is 11.6. The molecule has 1 saturated heterocycles. The van der Waals surface area contributed by atoms with Gasteiger partial charge in [0.1, 0.15) is 0 Å². The van der Waals surface area contributed by atoms with Crippen LogP contribution >= 0.6 is 11.8 Å². The molecule has 2 amide bonds. The van der Waals surface area contributed by atoms with E-state index in [4.69, 9.17) is 11.5 Å². The average molecular weight is 284 g/mol. The third-order valence-electron chi connectivity index (χ3n) is 2.98. The summed E-state index contributed by atoms with van der Waals surface area (Å²) in [6.07, 6.45) is 7.02. The van der Waals surface area contributed by atoms with Crippen LogP contribution in [0.3, 0.4) is 0 Å². The van der Waals surface area contributed by atoms with Crippen molar-refractivity contribution >= 4 is 23.8 Å². The van der Waals surface area contributed by atoms with Crippen LogP contribution in [0.15, 0.2) is 0 Å². The number of piperidine rings is 1. The summed E-state index contributed by atoms with van der Waals surface area (Å²) in [7, 11) is 0. The molecule has 0 spiro atoms. The van der Waals surface area contributed by atoms with Crippen LogP contribution in [0.2, 0.25) is 0 Å². The highest BCUT2D eigenvalue weighted by molar-refractivity contribution is 7.99. The fraction of sp³-hybridized carbons (Fsp3) is 0.692. The maximum Gasteiger partial charge on any atom is 0.317 e. The van der Waals surface area contributed by atoms with Gasteiger partial charge in [0.15, 0.2) is 0 Å². The molecule has 5 nitrogen and oxygen atoms in total. The van der Waals surface area contributed by atoms with E-state index in [9.17, 15) is 9.59 Å². The molecule has 1 aliphatic heterocycles. The first-order chi connectivity index (χ1) is 9.13. The molecule has 1 fully saturated rings. The highest BCUT2D eigenvalue weighted by Gasteiger charge is 2.24. The van der Waals surface area contributed by atoms with Gasteiger partial charge >= 0.3 is 12.0 Å². The molecule has 1 atom stereocenters. The molecule has 19 heavy (non-hydrogen) atoms. The highest BCUT2D eigenvalue weighted by Crippen LogP contribution is 2.19. The number of carbonyl (C=O) groups excluding carboxylic acids is 1. The monoisotopic (exact) mass is 284 g/mol. The molecule has 1 heterocycles. The minimum absolute atomic E-state index is 0.0767. The van der Waals surface area contributed by atoms with Gasteiger partial charge in [0.2, 0.25) is 0 Å². The van der Waals surface area contributed by atoms with Gasteiger partial charge in [0, 0.05) is 31.8 Å². The number of urea groups is 1. The molecular weight excluding hydrogens is 264 g/mol. The van der Waals surface area contributed by atoms with E-state index in [1.807, 2.05) is 0 Å². The Morgan fingerprint density at radius 2 is 2.32 bits per heavy atom. The molecule has 1 aliphatic rings. The van der Waals surface area contributed by atoms with Gasteiger partial charge in [-0.05, 0) is 18.8 Å². The van der Waals surface area contributed by atoms with Crippen LogP contribution in [0.1, 0.15) is 19.3 Å². The summed E-state index contributed by atoms with van der Waals surface area (Å²) >= 11 is 1.60. The van der Waals surface area contributed by atoms with Gasteiger partial charge in [-0.25, -0.2) is 4.79 Å². The summed E-state index contributed by atoms with van der Waals surface area (Å²) in [5.41, 5.74) is 0. The van der Waals surface area contributed by atoms with Crippen molar-refractivity contribution < 1.29 is 14.7 Å². The number of terminal acetylenes is 1. The van der Waals surface area contributed by atoms with Crippen LogP contribution in [0.4, 0.5) is 4.79 Å². The first-order valence-corrected chi connectivity index (χ1v) is 7.54. The Morgan fingerprint density at radius 3 is 3.00 bits per heavy atom. The number of nitrogens with zero attached hydrogens (tertiary/aromatic N) is 1. The fourth-order valence-electron chi connectivity index (χ4n) is 2.14. The normalized spacial score (nSPS) is 18.7. The van der Waals surface area contributed by atoms with Crippen molar-refractivity contribution in [2.75, 3.05) is 31.1 Å². The molecule has 0 aromatic heterocycles. The summed E-state index contributed by atoms with van der Waals surface area (Å²) in [5.74, 6) is 3.26. The van der Waals surface area contributed by atoms with Crippen molar-refractivity contribution in [2.24, 2.45) is 5.92 Å². The van der Waals surface area contributed by atoms with Gasteiger partial charge < -0.3 is 15.3 Å². The molecule has 0 saturated carbocycles. The van der Waals surface area contributed by atoms with E-state index < -0.39 is 5.97 Å². The Labute approximate surface area is 118 Å². The Kier molecular flexibility index (Phi) is 7.19. The third kappa shape index (κ3) is 6.39. The number of thioether (sulfide) groups is 1. The van der Waals surface area contributed by atoms with Gasteiger partial charge in [-0.3, -0.25) is 4.79 Å². The van der Waals surface area contributed by atoms with Crippen LogP contribution in [0.25, 0.3) is 0 Å². The summed E-state index contributed by atoms with van der Waals surface area (Å²) < 4.78 is 0. The van der Waals surface area contributed by atoms with Crippen LogP contribution in [0.5, 0.6) is 0 Å². The molecule has 106 valence electrons. The average Bonchev–Trinajstić information content (AvgIpc) is 2.38. The van der Waals surface area contributed by atoms with E-state index in [-0.39, 0.29) is 18.4 Å². The van der Waals surface area contributed by atoms with Crippen molar-refractivity contribution in [1.82, 2.24) is 10.2 Å². The molecule has 0 radical (unpaired) electrons. The zero-order valence-corrected chi connectivity index (χ0v) is 11.7. The number of hydrogen-bond acceptors (Lipinski definition) is 3. The predicted molar refractivity (Wildman–Crippen MR) is 76.1 cm³/mol. The second-order valence-electron chi connectivity index (χ2n) is 4.54. The minimum atomic E-state index is -0.794. The second-order valence-corrected chi connectivity index (χ2v) is 5.65. The first-order valence-electron chi connectivity index (χ1n) is 6.39. The SMILES string of the molecule is C#CCSCCNC(=O)N1CCCC(CC(=O)O)C1. The number of hydrogen-bond donors (Lipinski definition) is 2. The molecule has 0 aromatic rings. The van der Waals surface area contributed by atoms with Crippen molar-refractivity contribution in [3.63, 3.8) is 0 Å². The van der Waals surface area contributed by atoms with E-state index in [1.165, 1.54) is 0 Å². The Balaban J connectivity index is 2.24. The van der Waals surface area contributed by atoms with E-state index in [0.717, 1.165) is 18.6 Å². The fourth-order valence-corrected chi connectivity index (χ4v) is 2.64. The van der Waals surface area contributed by atoms with E-state index in [1.54, 1.807) is 16.7 Å². The topological polar surface area (TPSA) is 69.6 Å². The van der Waals surface area contributed by atoms with E-state index in [0.29, 0.717) is 25.4 Å². The van der Waals surface area contributed by atoms with Gasteiger partial charge in [-0.1, -0.05) is 5.92 Å². The van der Waals surface area contributed by atoms with Gasteiger partial charge in [0.05, 0.1) is 5.75 Å². The molecule has 1 rings (SSSR count). The number of amides is 2. The summed E-state index contributed by atoms with van der Waals surface area (Å²) in [6.45, 7) is 1.83. The predicted octanol–water partition coefficient (Wildman–Crippen LogP) is 1.25. The van der Waals surface area contributed by atoms with Crippen molar-refractivity contribution in [2.45, 2.75) is 19.3 Å². The quantitative estimate of drug-likeness (QED) is 0.569. The van der Waals surface area contributed by atoms with Crippen LogP contribution < -0.4 is 5.32 Å². The Bertz CT molecular complexity index is 354. The van der Waals surface area contributed by atoms with Crippen molar-refractivity contribution in [3.8, 4) is 12.3 Å². The molecule has 6 heteroatoms. The van der Waals surface area contributed by atoms with Gasteiger partial charge in [-0.15, -0.1) is 18.2 Å². The number of rotatable bonds is 6. The number of carboxylic acids is 1. The van der Waals surface area contributed by atoms with Crippen LogP contribution in [-0.4, -0.2) is 53.1 Å². The van der Waals surface area contributed by atoms with Crippen molar-refractivity contribution in [3.05, 3.63) is 0 Å². The number of carbonyl (C=O) groups is 2. The van der Waals surface area contributed by atoms with Crippen LogP contribution in [0, 0.1) is 18.3 Å². The zero-order chi connectivity index (χ0) is 14.1. The molecule has 2 N–H and O–H groups in total. The molecular formula is C13H20N2O3S. The maximum absolute atomic E-state index is 11.9.